The van der Waals surface area contributed by atoms with Crippen molar-refractivity contribution in [3.05, 3.63) is 0 Å². The monoisotopic (exact) mass is 173 g/mol. The SMILES string of the molecule is CC(=O)CNC(=O)OCC(C)C. The Bertz CT molecular complexity index is 166. The molecule has 0 rings (SSSR count). The maximum atomic E-state index is 10.8. The normalized spacial score (nSPS) is 9.67. The summed E-state index contributed by atoms with van der Waals surface area (Å²) >= 11 is 0. The van der Waals surface area contributed by atoms with Gasteiger partial charge in [-0.2, -0.15) is 0 Å². The lowest BCUT2D eigenvalue weighted by molar-refractivity contribution is -0.116. The molecule has 0 aliphatic heterocycles. The topological polar surface area (TPSA) is 55.4 Å². The molecule has 4 nitrogen and oxygen atoms in total. The van der Waals surface area contributed by atoms with Crippen molar-refractivity contribution in [2.75, 3.05) is 13.2 Å². The van der Waals surface area contributed by atoms with Crippen LogP contribution in [0.2, 0.25) is 0 Å². The van der Waals surface area contributed by atoms with Gasteiger partial charge in [0, 0.05) is 0 Å². The first kappa shape index (κ1) is 10.9. The quantitative estimate of drug-likeness (QED) is 0.688. The smallest absolute Gasteiger partial charge is 0.407 e. The standard InChI is InChI=1S/C8H15NO3/c1-6(2)5-12-8(11)9-4-7(3)10/h6H,4-5H2,1-3H3,(H,9,11). The van der Waals surface area contributed by atoms with E-state index < -0.39 is 6.09 Å². The predicted octanol–water partition coefficient (Wildman–Crippen LogP) is 0.958. The van der Waals surface area contributed by atoms with Crippen LogP contribution >= 0.6 is 0 Å². The minimum atomic E-state index is -0.529. The van der Waals surface area contributed by atoms with Gasteiger partial charge >= 0.3 is 6.09 Å². The molecule has 0 saturated heterocycles. The lowest BCUT2D eigenvalue weighted by Crippen LogP contribution is -2.29. The van der Waals surface area contributed by atoms with E-state index in [1.165, 1.54) is 6.92 Å². The molecule has 0 radical (unpaired) electrons. The van der Waals surface area contributed by atoms with Crippen molar-refractivity contribution in [1.82, 2.24) is 5.32 Å². The number of alkyl carbamates (subject to hydrolysis) is 1. The molecule has 0 spiro atoms. The Kier molecular flexibility index (Phi) is 5.08. The summed E-state index contributed by atoms with van der Waals surface area (Å²) < 4.78 is 4.75. The lowest BCUT2D eigenvalue weighted by Gasteiger charge is -2.06. The van der Waals surface area contributed by atoms with E-state index in [4.69, 9.17) is 4.74 Å². The number of Topliss-reactive ketones (excluding diaryl/α,β-unsaturated/α-hetero) is 1. The fraction of sp³-hybridized carbons (Fsp3) is 0.750. The highest BCUT2D eigenvalue weighted by molar-refractivity contribution is 5.81. The average Bonchev–Trinajstić information content (AvgIpc) is 1.96. The second-order valence-electron chi connectivity index (χ2n) is 3.05. The Balaban J connectivity index is 3.40. The molecule has 0 heterocycles. The Hall–Kier alpha value is -1.06. The number of nitrogens with one attached hydrogen (secondary N) is 1. The van der Waals surface area contributed by atoms with E-state index in [-0.39, 0.29) is 12.3 Å². The third kappa shape index (κ3) is 7.05. The fourth-order valence-corrected chi connectivity index (χ4v) is 0.490. The average molecular weight is 173 g/mol. The van der Waals surface area contributed by atoms with Crippen LogP contribution in [0, 0.1) is 5.92 Å². The van der Waals surface area contributed by atoms with Gasteiger partial charge in [0.15, 0.2) is 0 Å². The zero-order valence-electron chi connectivity index (χ0n) is 7.72. The van der Waals surface area contributed by atoms with Crippen molar-refractivity contribution in [3.63, 3.8) is 0 Å². The van der Waals surface area contributed by atoms with E-state index in [0.717, 1.165) is 0 Å². The van der Waals surface area contributed by atoms with Gasteiger partial charge in [0.2, 0.25) is 0 Å². The number of hydrogen-bond acceptors (Lipinski definition) is 3. The summed E-state index contributed by atoms with van der Waals surface area (Å²) in [5, 5.41) is 2.33. The van der Waals surface area contributed by atoms with Crippen molar-refractivity contribution in [1.29, 1.82) is 0 Å². The number of ketones is 1. The summed E-state index contributed by atoms with van der Waals surface area (Å²) in [4.78, 5) is 21.2. The van der Waals surface area contributed by atoms with E-state index in [0.29, 0.717) is 12.5 Å². The van der Waals surface area contributed by atoms with Crippen molar-refractivity contribution in [3.8, 4) is 0 Å². The molecule has 0 aromatic heterocycles. The van der Waals surface area contributed by atoms with Crippen LogP contribution in [0.1, 0.15) is 20.8 Å². The molecule has 0 bridgehead atoms. The largest absolute Gasteiger partial charge is 0.449 e. The van der Waals surface area contributed by atoms with Gasteiger partial charge in [-0.15, -0.1) is 0 Å². The summed E-state index contributed by atoms with van der Waals surface area (Å²) in [7, 11) is 0. The van der Waals surface area contributed by atoms with Crippen LogP contribution < -0.4 is 5.32 Å². The molecule has 4 heteroatoms. The lowest BCUT2D eigenvalue weighted by atomic mass is 10.2. The number of hydrogen-bond donors (Lipinski definition) is 1. The molecule has 70 valence electrons. The molecule has 0 aromatic carbocycles. The summed E-state index contributed by atoms with van der Waals surface area (Å²) in [6.07, 6.45) is -0.529. The minimum Gasteiger partial charge on any atom is -0.449 e. The zero-order valence-corrected chi connectivity index (χ0v) is 7.72. The van der Waals surface area contributed by atoms with Gasteiger partial charge in [-0.25, -0.2) is 4.79 Å². The highest BCUT2D eigenvalue weighted by Gasteiger charge is 2.03. The predicted molar refractivity (Wildman–Crippen MR) is 44.9 cm³/mol. The Morgan fingerprint density at radius 3 is 2.42 bits per heavy atom. The van der Waals surface area contributed by atoms with Gasteiger partial charge in [-0.1, -0.05) is 13.8 Å². The third-order valence-electron chi connectivity index (χ3n) is 1.03. The van der Waals surface area contributed by atoms with Crippen LogP contribution in [0.25, 0.3) is 0 Å². The van der Waals surface area contributed by atoms with Gasteiger partial charge in [0.05, 0.1) is 13.2 Å². The maximum absolute atomic E-state index is 10.8. The highest BCUT2D eigenvalue weighted by atomic mass is 16.5. The number of carbonyl (C=O) groups excluding carboxylic acids is 2. The molecule has 0 fully saturated rings. The van der Waals surface area contributed by atoms with Gasteiger partial charge in [-0.3, -0.25) is 4.79 Å². The number of amides is 1. The first-order chi connectivity index (χ1) is 5.52. The second kappa shape index (κ2) is 5.57. The number of rotatable bonds is 4. The molecule has 1 amide bonds. The van der Waals surface area contributed by atoms with Crippen LogP contribution in [0.3, 0.4) is 0 Å². The van der Waals surface area contributed by atoms with Crippen molar-refractivity contribution >= 4 is 11.9 Å². The summed E-state index contributed by atoms with van der Waals surface area (Å²) in [5.74, 6) is 0.226. The van der Waals surface area contributed by atoms with E-state index >= 15 is 0 Å². The second-order valence-corrected chi connectivity index (χ2v) is 3.05. The fourth-order valence-electron chi connectivity index (χ4n) is 0.490. The first-order valence-electron chi connectivity index (χ1n) is 3.92. The van der Waals surface area contributed by atoms with Crippen LogP contribution in [-0.4, -0.2) is 25.0 Å². The molecular formula is C8H15NO3. The summed E-state index contributed by atoms with van der Waals surface area (Å²) in [6, 6.07) is 0. The summed E-state index contributed by atoms with van der Waals surface area (Å²) in [5.41, 5.74) is 0. The third-order valence-corrected chi connectivity index (χ3v) is 1.03. The van der Waals surface area contributed by atoms with Gasteiger partial charge in [0.1, 0.15) is 5.78 Å². The zero-order chi connectivity index (χ0) is 9.56. The van der Waals surface area contributed by atoms with E-state index in [1.54, 1.807) is 0 Å². The van der Waals surface area contributed by atoms with Crippen molar-refractivity contribution in [2.45, 2.75) is 20.8 Å². The molecule has 0 aliphatic rings. The van der Waals surface area contributed by atoms with E-state index in [2.05, 4.69) is 5.32 Å². The Morgan fingerprint density at radius 2 is 2.00 bits per heavy atom. The Morgan fingerprint density at radius 1 is 1.42 bits per heavy atom. The first-order valence-corrected chi connectivity index (χ1v) is 3.92. The Labute approximate surface area is 72.3 Å². The molecule has 12 heavy (non-hydrogen) atoms. The molecule has 0 unspecified atom stereocenters. The summed E-state index contributed by atoms with van der Waals surface area (Å²) in [6.45, 7) is 5.71. The minimum absolute atomic E-state index is 0.0386. The van der Waals surface area contributed by atoms with Crippen LogP contribution in [0.5, 0.6) is 0 Å². The highest BCUT2D eigenvalue weighted by Crippen LogP contribution is 1.91. The molecule has 1 N–H and O–H groups in total. The van der Waals surface area contributed by atoms with Crippen LogP contribution in [0.15, 0.2) is 0 Å². The molecule has 0 aromatic rings. The number of ether oxygens (including phenoxy) is 1. The van der Waals surface area contributed by atoms with Crippen LogP contribution in [-0.2, 0) is 9.53 Å². The van der Waals surface area contributed by atoms with Crippen LogP contribution in [0.4, 0.5) is 4.79 Å². The van der Waals surface area contributed by atoms with E-state index in [9.17, 15) is 9.59 Å². The van der Waals surface area contributed by atoms with Gasteiger partial charge in [-0.05, 0) is 12.8 Å². The van der Waals surface area contributed by atoms with Gasteiger partial charge in [0.25, 0.3) is 0 Å². The number of carbonyl (C=O) groups is 2. The maximum Gasteiger partial charge on any atom is 0.407 e. The molecular weight excluding hydrogens is 158 g/mol. The molecule has 0 aliphatic carbocycles. The van der Waals surface area contributed by atoms with Gasteiger partial charge < -0.3 is 10.1 Å². The molecule has 0 atom stereocenters. The molecule has 0 saturated carbocycles. The van der Waals surface area contributed by atoms with Crippen molar-refractivity contribution < 1.29 is 14.3 Å². The van der Waals surface area contributed by atoms with Crippen molar-refractivity contribution in [2.24, 2.45) is 5.92 Å². The van der Waals surface area contributed by atoms with E-state index in [1.807, 2.05) is 13.8 Å².